The third-order valence-electron chi connectivity index (χ3n) is 6.13. The number of amides is 1. The lowest BCUT2D eigenvalue weighted by molar-refractivity contribution is -0.210. The van der Waals surface area contributed by atoms with Crippen LogP contribution in [-0.2, 0) is 14.3 Å². The Morgan fingerprint density at radius 1 is 1.08 bits per heavy atom. The molecule has 188 valence electrons. The topological polar surface area (TPSA) is 118 Å². The van der Waals surface area contributed by atoms with Crippen LogP contribution in [0.1, 0.15) is 30.9 Å². The Kier molecular flexibility index (Phi) is 6.08. The van der Waals surface area contributed by atoms with Gasteiger partial charge in [0.15, 0.2) is 0 Å². The van der Waals surface area contributed by atoms with Crippen LogP contribution in [0.5, 0.6) is 0 Å². The summed E-state index contributed by atoms with van der Waals surface area (Å²) in [5.74, 6) is -2.74. The maximum absolute atomic E-state index is 13.1. The van der Waals surface area contributed by atoms with Crippen molar-refractivity contribution in [1.29, 1.82) is 0 Å². The zero-order chi connectivity index (χ0) is 25.4. The molecular formula is C23H22F3N7O3. The second-order valence-electron chi connectivity index (χ2n) is 8.63. The van der Waals surface area contributed by atoms with Crippen molar-refractivity contribution in [2.24, 2.45) is 0 Å². The molecule has 1 aliphatic heterocycles. The van der Waals surface area contributed by atoms with E-state index in [4.69, 9.17) is 0 Å². The first-order valence-corrected chi connectivity index (χ1v) is 11.2. The van der Waals surface area contributed by atoms with Crippen molar-refractivity contribution in [2.45, 2.75) is 37.3 Å². The summed E-state index contributed by atoms with van der Waals surface area (Å²) in [6, 6.07) is 13.5. The van der Waals surface area contributed by atoms with Crippen molar-refractivity contribution in [3.8, 4) is 0 Å². The first-order valence-electron chi connectivity index (χ1n) is 11.2. The van der Waals surface area contributed by atoms with E-state index in [9.17, 15) is 22.8 Å². The minimum absolute atomic E-state index is 0.168. The zero-order valence-corrected chi connectivity index (χ0v) is 19.1. The van der Waals surface area contributed by atoms with E-state index in [2.05, 4.69) is 35.1 Å². The minimum Gasteiger partial charge on any atom is -0.422 e. The van der Waals surface area contributed by atoms with Crippen LogP contribution in [0.3, 0.4) is 0 Å². The highest BCUT2D eigenvalue weighted by molar-refractivity contribution is 5.84. The van der Waals surface area contributed by atoms with Crippen molar-refractivity contribution in [1.82, 2.24) is 35.2 Å². The fourth-order valence-corrected chi connectivity index (χ4v) is 4.29. The first-order chi connectivity index (χ1) is 17.2. The molecule has 10 nitrogen and oxygen atoms in total. The van der Waals surface area contributed by atoms with Gasteiger partial charge >= 0.3 is 12.1 Å². The molecular weight excluding hydrogens is 479 g/mol. The third-order valence-corrected chi connectivity index (χ3v) is 6.13. The van der Waals surface area contributed by atoms with Crippen LogP contribution in [0.2, 0.25) is 0 Å². The van der Waals surface area contributed by atoms with E-state index in [-0.39, 0.29) is 6.04 Å². The molecule has 0 spiro atoms. The summed E-state index contributed by atoms with van der Waals surface area (Å²) in [5, 5.41) is 10.8. The van der Waals surface area contributed by atoms with Gasteiger partial charge < -0.3 is 15.0 Å². The number of nitrogens with one attached hydrogen (secondary N) is 2. The lowest BCUT2D eigenvalue weighted by atomic mass is 9.97. The Morgan fingerprint density at radius 2 is 1.72 bits per heavy atom. The fourth-order valence-electron chi connectivity index (χ4n) is 4.29. The standard InChI is InChI=1S/C23H22F3N7O3/c1-32-11-10-13(12-18(32)19-28-14-6-2-3-7-15(14)29-19)27-20(34)21(36-22(35)23(24,25)26)33-30-16-8-4-5-9-17(16)31-33/h2-9,13,18,21H,10-12H2,1H3,(H,27,34)(H,28,29). The van der Waals surface area contributed by atoms with Gasteiger partial charge in [-0.2, -0.15) is 13.2 Å². The maximum Gasteiger partial charge on any atom is 0.491 e. The highest BCUT2D eigenvalue weighted by atomic mass is 19.4. The third kappa shape index (κ3) is 4.73. The van der Waals surface area contributed by atoms with E-state index in [0.29, 0.717) is 35.2 Å². The number of piperidine rings is 1. The lowest BCUT2D eigenvalue weighted by Crippen LogP contribution is -2.48. The smallest absolute Gasteiger partial charge is 0.422 e. The molecule has 2 aromatic carbocycles. The highest BCUT2D eigenvalue weighted by Gasteiger charge is 2.45. The highest BCUT2D eigenvalue weighted by Crippen LogP contribution is 2.30. The Balaban J connectivity index is 1.37. The summed E-state index contributed by atoms with van der Waals surface area (Å²) < 4.78 is 43.4. The number of para-hydroxylation sites is 2. The molecule has 1 aliphatic rings. The van der Waals surface area contributed by atoms with E-state index in [1.54, 1.807) is 24.3 Å². The second kappa shape index (κ2) is 9.22. The van der Waals surface area contributed by atoms with Crippen molar-refractivity contribution in [3.63, 3.8) is 0 Å². The predicted molar refractivity (Wildman–Crippen MR) is 121 cm³/mol. The van der Waals surface area contributed by atoms with Crippen LogP contribution in [0.15, 0.2) is 48.5 Å². The molecule has 4 aromatic rings. The number of benzene rings is 2. The number of imidazole rings is 1. The Labute approximate surface area is 202 Å². The van der Waals surface area contributed by atoms with Crippen molar-refractivity contribution in [3.05, 3.63) is 54.4 Å². The molecule has 3 heterocycles. The number of aromatic nitrogens is 5. The number of carbonyl (C=O) groups excluding carboxylic acids is 2. The monoisotopic (exact) mass is 501 g/mol. The first kappa shape index (κ1) is 23.7. The SMILES string of the molecule is CN1CCC(NC(=O)C(OC(=O)C(F)(F)F)n2nc3ccccc3n2)CC1c1nc2ccccc2[nH]1. The van der Waals surface area contributed by atoms with Gasteiger partial charge in [-0.25, -0.2) is 9.78 Å². The summed E-state index contributed by atoms with van der Waals surface area (Å²) in [6.07, 6.45) is -6.34. The molecule has 5 rings (SSSR count). The predicted octanol–water partition coefficient (Wildman–Crippen LogP) is 2.86. The molecule has 1 saturated heterocycles. The molecule has 1 fully saturated rings. The van der Waals surface area contributed by atoms with Gasteiger partial charge in [0.1, 0.15) is 16.9 Å². The molecule has 0 saturated carbocycles. The summed E-state index contributed by atoms with van der Waals surface area (Å²) >= 11 is 0. The molecule has 0 bridgehead atoms. The van der Waals surface area contributed by atoms with Gasteiger partial charge in [0.05, 0.1) is 17.1 Å². The lowest BCUT2D eigenvalue weighted by Gasteiger charge is -2.36. The Hall–Kier alpha value is -4.00. The minimum atomic E-state index is -5.29. The van der Waals surface area contributed by atoms with Crippen LogP contribution in [0.25, 0.3) is 22.1 Å². The number of alkyl halides is 3. The van der Waals surface area contributed by atoms with Crippen molar-refractivity contribution in [2.75, 3.05) is 13.6 Å². The molecule has 13 heteroatoms. The summed E-state index contributed by atoms with van der Waals surface area (Å²) in [7, 11) is 1.93. The zero-order valence-electron chi connectivity index (χ0n) is 19.1. The number of nitrogens with zero attached hydrogens (tertiary/aromatic N) is 5. The molecule has 3 atom stereocenters. The van der Waals surface area contributed by atoms with Crippen LogP contribution in [-0.4, -0.2) is 67.5 Å². The summed E-state index contributed by atoms with van der Waals surface area (Å²) in [6.45, 7) is 0.601. The van der Waals surface area contributed by atoms with Gasteiger partial charge in [0.25, 0.3) is 12.1 Å². The molecule has 36 heavy (non-hydrogen) atoms. The average molecular weight is 501 g/mol. The van der Waals surface area contributed by atoms with Gasteiger partial charge in [0.2, 0.25) is 0 Å². The van der Waals surface area contributed by atoms with Gasteiger partial charge in [0, 0.05) is 12.6 Å². The number of fused-ring (bicyclic) bond motifs is 2. The number of halogens is 3. The number of hydrogen-bond donors (Lipinski definition) is 2. The second-order valence-corrected chi connectivity index (χ2v) is 8.63. The van der Waals surface area contributed by atoms with Gasteiger partial charge in [-0.05, 0) is 44.2 Å². The van der Waals surface area contributed by atoms with Crippen molar-refractivity contribution >= 4 is 33.9 Å². The number of hydrogen-bond acceptors (Lipinski definition) is 7. The van der Waals surface area contributed by atoms with Gasteiger partial charge in [-0.15, -0.1) is 15.0 Å². The molecule has 2 N–H and O–H groups in total. The Morgan fingerprint density at radius 3 is 2.36 bits per heavy atom. The molecule has 0 radical (unpaired) electrons. The summed E-state index contributed by atoms with van der Waals surface area (Å²) in [4.78, 5) is 35.4. The summed E-state index contributed by atoms with van der Waals surface area (Å²) in [5.41, 5.74) is 2.36. The van der Waals surface area contributed by atoms with Crippen LogP contribution < -0.4 is 5.32 Å². The molecule has 3 unspecified atom stereocenters. The average Bonchev–Trinajstić information content (AvgIpc) is 3.47. The molecule has 2 aromatic heterocycles. The number of H-pyrrole nitrogens is 1. The normalized spacial score (nSPS) is 19.9. The van der Waals surface area contributed by atoms with Crippen molar-refractivity contribution < 1.29 is 27.5 Å². The van der Waals surface area contributed by atoms with Gasteiger partial charge in [-0.1, -0.05) is 24.3 Å². The number of esters is 1. The number of carbonyl (C=O) groups is 2. The van der Waals surface area contributed by atoms with Crippen LogP contribution in [0.4, 0.5) is 13.2 Å². The molecule has 1 amide bonds. The van der Waals surface area contributed by atoms with Gasteiger partial charge in [-0.3, -0.25) is 9.69 Å². The van der Waals surface area contributed by atoms with E-state index in [0.717, 1.165) is 16.9 Å². The van der Waals surface area contributed by atoms with E-state index in [1.807, 2.05) is 31.3 Å². The number of ether oxygens (including phenoxy) is 1. The number of aromatic amines is 1. The van der Waals surface area contributed by atoms with E-state index in [1.165, 1.54) is 0 Å². The quantitative estimate of drug-likeness (QED) is 0.404. The number of rotatable bonds is 5. The number of likely N-dealkylation sites (tertiary alicyclic amines) is 1. The van der Waals surface area contributed by atoms with E-state index < -0.39 is 30.3 Å². The van der Waals surface area contributed by atoms with Crippen LogP contribution >= 0.6 is 0 Å². The fraction of sp³-hybridized carbons (Fsp3) is 0.348. The maximum atomic E-state index is 13.1. The molecule has 0 aliphatic carbocycles. The van der Waals surface area contributed by atoms with E-state index >= 15 is 0 Å². The Bertz CT molecular complexity index is 1350. The van der Waals surface area contributed by atoms with Crippen LogP contribution in [0, 0.1) is 0 Å². The largest absolute Gasteiger partial charge is 0.491 e.